The first kappa shape index (κ1) is 16.5. The maximum Gasteiger partial charge on any atom is 0.347 e. The highest BCUT2D eigenvalue weighted by atomic mass is 16.7. The van der Waals surface area contributed by atoms with Crippen LogP contribution >= 0.6 is 0 Å². The summed E-state index contributed by atoms with van der Waals surface area (Å²) in [7, 11) is 0. The number of primary amides is 1. The van der Waals surface area contributed by atoms with Gasteiger partial charge in [0.1, 0.15) is 16.6 Å². The molecule has 2 aromatic carbocycles. The Balaban J connectivity index is 1.69. The number of nitrogens with one attached hydrogen (secondary N) is 1. The number of aromatic nitrogens is 5. The van der Waals surface area contributed by atoms with Crippen LogP contribution in [-0.2, 0) is 0 Å². The number of fused-ring (bicyclic) bond motifs is 1. The molecule has 4 aromatic rings. The van der Waals surface area contributed by atoms with E-state index < -0.39 is 5.91 Å². The monoisotopic (exact) mass is 361 g/mol. The van der Waals surface area contributed by atoms with E-state index >= 15 is 0 Å². The summed E-state index contributed by atoms with van der Waals surface area (Å²) in [5.41, 5.74) is 8.72. The van der Waals surface area contributed by atoms with Crippen LogP contribution in [0.15, 0.2) is 54.7 Å². The number of aryl methyl sites for hydroxylation is 1. The lowest BCUT2D eigenvalue weighted by Crippen LogP contribution is -2.17. The lowest BCUT2D eigenvalue weighted by atomic mass is 10.2. The molecule has 0 saturated carbocycles. The van der Waals surface area contributed by atoms with E-state index in [0.717, 1.165) is 11.3 Å². The molecular weight excluding hydrogens is 346 g/mol. The molecule has 4 rings (SSSR count). The van der Waals surface area contributed by atoms with Gasteiger partial charge in [-0.2, -0.15) is 4.98 Å². The van der Waals surface area contributed by atoms with E-state index in [-0.39, 0.29) is 17.4 Å². The SMILES string of the molecule is Cc1cccc(Nc2nc(On3nnc4ccccc43)ncc2C(N)=O)c1. The first-order valence-corrected chi connectivity index (χ1v) is 8.09. The van der Waals surface area contributed by atoms with E-state index in [9.17, 15) is 4.79 Å². The Labute approximate surface area is 153 Å². The Morgan fingerprint density at radius 3 is 2.85 bits per heavy atom. The van der Waals surface area contributed by atoms with Gasteiger partial charge in [-0.15, -0.1) is 5.10 Å². The summed E-state index contributed by atoms with van der Waals surface area (Å²) in [6.45, 7) is 1.96. The van der Waals surface area contributed by atoms with Gasteiger partial charge in [0.15, 0.2) is 5.82 Å². The fourth-order valence-electron chi connectivity index (χ4n) is 2.54. The lowest BCUT2D eigenvalue weighted by molar-refractivity contribution is 0.1000. The second-order valence-corrected chi connectivity index (χ2v) is 5.82. The van der Waals surface area contributed by atoms with Crippen molar-refractivity contribution in [3.8, 4) is 6.01 Å². The highest BCUT2D eigenvalue weighted by molar-refractivity contribution is 5.97. The van der Waals surface area contributed by atoms with Crippen LogP contribution in [0.2, 0.25) is 0 Å². The molecule has 1 amide bonds. The van der Waals surface area contributed by atoms with E-state index in [1.807, 2.05) is 49.4 Å². The van der Waals surface area contributed by atoms with Gasteiger partial charge >= 0.3 is 6.01 Å². The number of nitrogens with two attached hydrogens (primary N) is 1. The number of carbonyl (C=O) groups excluding carboxylic acids is 1. The van der Waals surface area contributed by atoms with Gasteiger partial charge in [-0.3, -0.25) is 4.79 Å². The Hall–Kier alpha value is -4.01. The number of benzene rings is 2. The van der Waals surface area contributed by atoms with Crippen molar-refractivity contribution in [1.82, 2.24) is 25.1 Å². The molecule has 0 atom stereocenters. The van der Waals surface area contributed by atoms with Crippen LogP contribution in [0.25, 0.3) is 11.0 Å². The molecule has 0 saturated heterocycles. The molecule has 0 aliphatic heterocycles. The van der Waals surface area contributed by atoms with E-state index in [4.69, 9.17) is 10.6 Å². The fourth-order valence-corrected chi connectivity index (χ4v) is 2.54. The van der Waals surface area contributed by atoms with Crippen LogP contribution in [0.1, 0.15) is 15.9 Å². The smallest absolute Gasteiger partial charge is 0.347 e. The predicted molar refractivity (Wildman–Crippen MR) is 98.6 cm³/mol. The summed E-state index contributed by atoms with van der Waals surface area (Å²) in [4.78, 5) is 26.8. The Morgan fingerprint density at radius 2 is 2.04 bits per heavy atom. The van der Waals surface area contributed by atoms with Gasteiger partial charge in [0.25, 0.3) is 5.91 Å². The third kappa shape index (κ3) is 3.38. The Morgan fingerprint density at radius 1 is 1.19 bits per heavy atom. The summed E-state index contributed by atoms with van der Waals surface area (Å²) in [5.74, 6) is -0.412. The zero-order valence-corrected chi connectivity index (χ0v) is 14.3. The molecule has 0 aliphatic carbocycles. The van der Waals surface area contributed by atoms with Gasteiger partial charge in [0.2, 0.25) is 0 Å². The number of anilines is 2. The van der Waals surface area contributed by atoms with Gasteiger partial charge in [0, 0.05) is 11.9 Å². The molecule has 0 radical (unpaired) electrons. The summed E-state index contributed by atoms with van der Waals surface area (Å²) in [6.07, 6.45) is 1.31. The average Bonchev–Trinajstić information content (AvgIpc) is 3.05. The van der Waals surface area contributed by atoms with Crippen LogP contribution < -0.4 is 15.9 Å². The molecule has 2 heterocycles. The topological polar surface area (TPSA) is 121 Å². The second-order valence-electron chi connectivity index (χ2n) is 5.82. The lowest BCUT2D eigenvalue weighted by Gasteiger charge is -2.11. The highest BCUT2D eigenvalue weighted by Crippen LogP contribution is 2.21. The minimum Gasteiger partial charge on any atom is -0.365 e. The van der Waals surface area contributed by atoms with Crippen LogP contribution in [0, 0.1) is 6.92 Å². The number of rotatable bonds is 5. The van der Waals surface area contributed by atoms with E-state index in [2.05, 4.69) is 25.6 Å². The summed E-state index contributed by atoms with van der Waals surface area (Å²) < 4.78 is 0. The van der Waals surface area contributed by atoms with Crippen LogP contribution in [0.3, 0.4) is 0 Å². The zero-order chi connectivity index (χ0) is 18.8. The standard InChI is InChI=1S/C18H15N7O2/c1-11-5-4-6-12(9-11)21-17-13(16(19)26)10-20-18(22-17)27-25-15-8-3-2-7-14(15)23-24-25/h2-10H,1H3,(H2,19,26)(H,20,21,22). The number of hydrogen-bond acceptors (Lipinski definition) is 7. The Kier molecular flexibility index (Phi) is 4.09. The molecule has 0 bridgehead atoms. The van der Waals surface area contributed by atoms with E-state index in [0.29, 0.717) is 11.0 Å². The quantitative estimate of drug-likeness (QED) is 0.559. The molecule has 2 aromatic heterocycles. The van der Waals surface area contributed by atoms with Crippen molar-refractivity contribution in [2.45, 2.75) is 6.92 Å². The highest BCUT2D eigenvalue weighted by Gasteiger charge is 2.15. The molecule has 0 unspecified atom stereocenters. The molecule has 0 fully saturated rings. The third-order valence-electron chi connectivity index (χ3n) is 3.80. The summed E-state index contributed by atoms with van der Waals surface area (Å²) >= 11 is 0. The number of nitrogens with zero attached hydrogens (tertiary/aromatic N) is 5. The molecule has 9 nitrogen and oxygen atoms in total. The van der Waals surface area contributed by atoms with Gasteiger partial charge in [-0.1, -0.05) is 29.1 Å². The van der Waals surface area contributed by atoms with Gasteiger partial charge in [-0.05, 0) is 42.0 Å². The average molecular weight is 361 g/mol. The normalized spacial score (nSPS) is 10.7. The van der Waals surface area contributed by atoms with Crippen LogP contribution in [0.5, 0.6) is 6.01 Å². The first-order valence-electron chi connectivity index (χ1n) is 8.09. The Bertz CT molecular complexity index is 1140. The number of amides is 1. The number of carbonyl (C=O) groups is 1. The van der Waals surface area contributed by atoms with Crippen molar-refractivity contribution >= 4 is 28.4 Å². The molecule has 0 spiro atoms. The van der Waals surface area contributed by atoms with Crippen molar-refractivity contribution < 1.29 is 9.63 Å². The maximum atomic E-state index is 11.7. The van der Waals surface area contributed by atoms with Gasteiger partial charge in [0.05, 0.1) is 0 Å². The molecule has 27 heavy (non-hydrogen) atoms. The summed E-state index contributed by atoms with van der Waals surface area (Å²) in [6, 6.07) is 14.9. The number of hydrogen-bond donors (Lipinski definition) is 2. The van der Waals surface area contributed by atoms with Gasteiger partial charge in [-0.25, -0.2) is 4.98 Å². The molecule has 9 heteroatoms. The minimum absolute atomic E-state index is 0.00851. The number of para-hydroxylation sites is 1. The van der Waals surface area contributed by atoms with Crippen molar-refractivity contribution in [3.05, 3.63) is 65.9 Å². The largest absolute Gasteiger partial charge is 0.365 e. The second kappa shape index (κ2) is 6.71. The first-order chi connectivity index (χ1) is 13.1. The van der Waals surface area contributed by atoms with Crippen molar-refractivity contribution in [2.24, 2.45) is 5.73 Å². The molecule has 134 valence electrons. The van der Waals surface area contributed by atoms with Crippen molar-refractivity contribution in [3.63, 3.8) is 0 Å². The molecular formula is C18H15N7O2. The predicted octanol–water partition coefficient (Wildman–Crippen LogP) is 2.21. The van der Waals surface area contributed by atoms with Gasteiger partial charge < -0.3 is 15.9 Å². The van der Waals surface area contributed by atoms with E-state index in [1.54, 1.807) is 6.07 Å². The third-order valence-corrected chi connectivity index (χ3v) is 3.80. The molecule has 0 aliphatic rings. The minimum atomic E-state index is -0.650. The van der Waals surface area contributed by atoms with Crippen molar-refractivity contribution in [1.29, 1.82) is 0 Å². The fraction of sp³-hybridized carbons (Fsp3) is 0.0556. The van der Waals surface area contributed by atoms with Crippen LogP contribution in [0.4, 0.5) is 11.5 Å². The van der Waals surface area contributed by atoms with E-state index in [1.165, 1.54) is 11.0 Å². The summed E-state index contributed by atoms with van der Waals surface area (Å²) in [5, 5.41) is 11.0. The zero-order valence-electron chi connectivity index (χ0n) is 14.3. The molecule has 3 N–H and O–H groups in total. The maximum absolute atomic E-state index is 11.7. The van der Waals surface area contributed by atoms with Crippen LogP contribution in [-0.4, -0.2) is 31.0 Å². The van der Waals surface area contributed by atoms with Crippen molar-refractivity contribution in [2.75, 3.05) is 5.32 Å².